The van der Waals surface area contributed by atoms with Gasteiger partial charge in [0.1, 0.15) is 0 Å². The van der Waals surface area contributed by atoms with E-state index in [1.54, 1.807) is 0 Å². The average molecular weight is 247 g/mol. The maximum absolute atomic E-state index is 3.80. The fourth-order valence-corrected chi connectivity index (χ4v) is 1.88. The molecule has 0 unspecified atom stereocenters. The lowest BCUT2D eigenvalue weighted by atomic mass is 9.97. The summed E-state index contributed by atoms with van der Waals surface area (Å²) in [6.45, 7) is 8.33. The first-order valence-corrected chi connectivity index (χ1v) is 5.70. The van der Waals surface area contributed by atoms with E-state index in [-0.39, 0.29) is 0 Å². The Kier molecular flexibility index (Phi) is 4.99. The summed E-state index contributed by atoms with van der Waals surface area (Å²) in [5, 5.41) is 3.40. The molecule has 0 saturated carbocycles. The van der Waals surface area contributed by atoms with Gasteiger partial charge in [-0.05, 0) is 45.4 Å². The summed E-state index contributed by atoms with van der Waals surface area (Å²) in [6, 6.07) is 0. The Hall–Kier alpha value is 0.140. The number of likely N-dealkylation sites (tertiary alicyclic amines) is 1. The highest BCUT2D eigenvalue weighted by molar-refractivity contribution is 9.11. The molecule has 0 aromatic carbocycles. The minimum absolute atomic E-state index is 0.864. The van der Waals surface area contributed by atoms with Crippen LogP contribution in [0.4, 0.5) is 0 Å². The second-order valence-electron chi connectivity index (χ2n) is 3.89. The molecular weight excluding hydrogens is 228 g/mol. The molecule has 76 valence electrons. The van der Waals surface area contributed by atoms with Crippen LogP contribution in [0.3, 0.4) is 0 Å². The molecule has 0 aromatic heterocycles. The predicted molar refractivity (Wildman–Crippen MR) is 61.2 cm³/mol. The highest BCUT2D eigenvalue weighted by Crippen LogP contribution is 2.14. The quantitative estimate of drug-likeness (QED) is 0.815. The van der Waals surface area contributed by atoms with Gasteiger partial charge in [0.05, 0.1) is 0 Å². The highest BCUT2D eigenvalue weighted by Gasteiger charge is 2.15. The van der Waals surface area contributed by atoms with Crippen LogP contribution in [0.2, 0.25) is 0 Å². The van der Waals surface area contributed by atoms with Crippen molar-refractivity contribution in [1.82, 2.24) is 10.2 Å². The first-order valence-electron chi connectivity index (χ1n) is 4.91. The third-order valence-electron chi connectivity index (χ3n) is 2.59. The number of nitrogens with one attached hydrogen (secondary N) is 1. The normalized spacial score (nSPS) is 20.5. The van der Waals surface area contributed by atoms with E-state index in [0.29, 0.717) is 0 Å². The van der Waals surface area contributed by atoms with Gasteiger partial charge in [-0.1, -0.05) is 22.5 Å². The second kappa shape index (κ2) is 5.78. The van der Waals surface area contributed by atoms with Crippen LogP contribution in [0.5, 0.6) is 0 Å². The molecule has 0 aromatic rings. The van der Waals surface area contributed by atoms with Gasteiger partial charge in [0.2, 0.25) is 0 Å². The molecule has 0 radical (unpaired) electrons. The Labute approximate surface area is 89.5 Å². The Morgan fingerprint density at radius 3 is 2.69 bits per heavy atom. The van der Waals surface area contributed by atoms with Crippen molar-refractivity contribution in [3.8, 4) is 0 Å². The van der Waals surface area contributed by atoms with Crippen LogP contribution in [0, 0.1) is 5.92 Å². The molecule has 1 heterocycles. The molecule has 0 amide bonds. The van der Waals surface area contributed by atoms with Gasteiger partial charge in [-0.15, -0.1) is 0 Å². The molecule has 1 aliphatic rings. The number of halogens is 1. The molecule has 1 saturated heterocycles. The van der Waals surface area contributed by atoms with Gasteiger partial charge in [0, 0.05) is 11.0 Å². The van der Waals surface area contributed by atoms with Gasteiger partial charge < -0.3 is 10.2 Å². The minimum atomic E-state index is 0.864. The Bertz CT molecular complexity index is 162. The lowest BCUT2D eigenvalue weighted by Gasteiger charge is -2.28. The zero-order chi connectivity index (χ0) is 9.68. The summed E-state index contributed by atoms with van der Waals surface area (Å²) in [5.74, 6) is 0.864. The molecule has 0 atom stereocenters. The maximum atomic E-state index is 3.80. The van der Waals surface area contributed by atoms with Crippen LogP contribution in [-0.2, 0) is 0 Å². The van der Waals surface area contributed by atoms with Gasteiger partial charge in [0.25, 0.3) is 0 Å². The minimum Gasteiger partial charge on any atom is -0.312 e. The van der Waals surface area contributed by atoms with Crippen LogP contribution < -0.4 is 5.32 Å². The van der Waals surface area contributed by atoms with Gasteiger partial charge in [-0.25, -0.2) is 0 Å². The third-order valence-corrected chi connectivity index (χ3v) is 2.87. The summed E-state index contributed by atoms with van der Waals surface area (Å²) in [5.41, 5.74) is 0. The second-order valence-corrected chi connectivity index (χ2v) is 5.02. The summed E-state index contributed by atoms with van der Waals surface area (Å²) in [6.07, 6.45) is 2.66. The molecule has 0 aliphatic carbocycles. The van der Waals surface area contributed by atoms with Crippen LogP contribution in [0.15, 0.2) is 11.1 Å². The number of rotatable bonds is 4. The molecule has 13 heavy (non-hydrogen) atoms. The summed E-state index contributed by atoms with van der Waals surface area (Å²) in [4.78, 5) is 2.40. The van der Waals surface area contributed by atoms with Crippen molar-refractivity contribution in [1.29, 1.82) is 0 Å². The standard InChI is InChI=1S/C10H19BrN2/c1-9(11)7-12-8-10-3-5-13(2)6-4-10/h10,12H,1,3-8H2,2H3. The largest absolute Gasteiger partial charge is 0.312 e. The highest BCUT2D eigenvalue weighted by atomic mass is 79.9. The van der Waals surface area contributed by atoms with Crippen LogP contribution in [0.1, 0.15) is 12.8 Å². The van der Waals surface area contributed by atoms with Crippen molar-refractivity contribution in [2.75, 3.05) is 33.2 Å². The van der Waals surface area contributed by atoms with Crippen molar-refractivity contribution in [3.05, 3.63) is 11.1 Å². The van der Waals surface area contributed by atoms with E-state index in [9.17, 15) is 0 Å². The van der Waals surface area contributed by atoms with E-state index in [1.807, 2.05) is 0 Å². The van der Waals surface area contributed by atoms with E-state index < -0.39 is 0 Å². The molecule has 1 N–H and O–H groups in total. The summed E-state index contributed by atoms with van der Waals surface area (Å²) < 4.78 is 1.04. The SMILES string of the molecule is C=C(Br)CNCC1CCN(C)CC1. The Morgan fingerprint density at radius 2 is 2.15 bits per heavy atom. The zero-order valence-corrected chi connectivity index (χ0v) is 9.94. The zero-order valence-electron chi connectivity index (χ0n) is 8.35. The number of hydrogen-bond donors (Lipinski definition) is 1. The first kappa shape index (κ1) is 11.2. The van der Waals surface area contributed by atoms with Gasteiger partial charge in [0.15, 0.2) is 0 Å². The number of piperidine rings is 1. The van der Waals surface area contributed by atoms with E-state index >= 15 is 0 Å². The third kappa shape index (κ3) is 4.79. The maximum Gasteiger partial charge on any atom is 0.0265 e. The smallest absolute Gasteiger partial charge is 0.0265 e. The molecule has 3 heteroatoms. The van der Waals surface area contributed by atoms with E-state index in [4.69, 9.17) is 0 Å². The average Bonchev–Trinajstić information content (AvgIpc) is 2.08. The fraction of sp³-hybridized carbons (Fsp3) is 0.800. The van der Waals surface area contributed by atoms with Crippen LogP contribution in [0.25, 0.3) is 0 Å². The topological polar surface area (TPSA) is 15.3 Å². The number of hydrogen-bond acceptors (Lipinski definition) is 2. The molecule has 0 spiro atoms. The molecule has 0 bridgehead atoms. The van der Waals surface area contributed by atoms with E-state index in [2.05, 4.69) is 39.8 Å². The van der Waals surface area contributed by atoms with Crippen molar-refractivity contribution in [3.63, 3.8) is 0 Å². The predicted octanol–water partition coefficient (Wildman–Crippen LogP) is 1.83. The fourth-order valence-electron chi connectivity index (χ4n) is 1.68. The number of nitrogens with zero attached hydrogens (tertiary/aromatic N) is 1. The van der Waals surface area contributed by atoms with E-state index in [1.165, 1.54) is 25.9 Å². The lowest BCUT2D eigenvalue weighted by molar-refractivity contribution is 0.217. The Balaban J connectivity index is 2.05. The van der Waals surface area contributed by atoms with Crippen molar-refractivity contribution >= 4 is 15.9 Å². The first-order chi connectivity index (χ1) is 6.18. The van der Waals surface area contributed by atoms with E-state index in [0.717, 1.165) is 23.5 Å². The van der Waals surface area contributed by atoms with Crippen LogP contribution >= 0.6 is 15.9 Å². The van der Waals surface area contributed by atoms with Crippen molar-refractivity contribution in [2.45, 2.75) is 12.8 Å². The molecular formula is C10H19BrN2. The summed E-state index contributed by atoms with van der Waals surface area (Å²) >= 11 is 3.34. The van der Waals surface area contributed by atoms with Gasteiger partial charge in [-0.2, -0.15) is 0 Å². The van der Waals surface area contributed by atoms with Gasteiger partial charge in [-0.3, -0.25) is 0 Å². The molecule has 2 nitrogen and oxygen atoms in total. The monoisotopic (exact) mass is 246 g/mol. The lowest BCUT2D eigenvalue weighted by Crippen LogP contribution is -2.35. The Morgan fingerprint density at radius 1 is 1.54 bits per heavy atom. The van der Waals surface area contributed by atoms with Crippen molar-refractivity contribution in [2.24, 2.45) is 5.92 Å². The molecule has 1 rings (SSSR count). The van der Waals surface area contributed by atoms with Crippen LogP contribution in [-0.4, -0.2) is 38.1 Å². The molecule has 1 aliphatic heterocycles. The summed E-state index contributed by atoms with van der Waals surface area (Å²) in [7, 11) is 2.20. The molecule has 1 fully saturated rings. The van der Waals surface area contributed by atoms with Crippen molar-refractivity contribution < 1.29 is 0 Å². The van der Waals surface area contributed by atoms with Gasteiger partial charge >= 0.3 is 0 Å².